The average molecular weight is 406 g/mol. The van der Waals surface area contributed by atoms with Gasteiger partial charge in [0.25, 0.3) is 5.91 Å². The van der Waals surface area contributed by atoms with E-state index in [9.17, 15) is 9.59 Å². The van der Waals surface area contributed by atoms with E-state index in [1.165, 1.54) is 0 Å². The van der Waals surface area contributed by atoms with Crippen molar-refractivity contribution in [2.24, 2.45) is 0 Å². The molecule has 1 saturated heterocycles. The number of benzene rings is 2. The van der Waals surface area contributed by atoms with Crippen LogP contribution in [0, 0.1) is 6.92 Å². The maximum atomic E-state index is 12.7. The van der Waals surface area contributed by atoms with E-state index in [-0.39, 0.29) is 12.3 Å². The van der Waals surface area contributed by atoms with Crippen LogP contribution in [-0.2, 0) is 20.7 Å². The molecule has 0 radical (unpaired) electrons. The average Bonchev–Trinajstić information content (AvgIpc) is 3.15. The first kappa shape index (κ1) is 20.0. The smallest absolute Gasteiger partial charge is 0.311 e. The third-order valence-electron chi connectivity index (χ3n) is 5.51. The van der Waals surface area contributed by atoms with Gasteiger partial charge < -0.3 is 19.0 Å². The Morgan fingerprint density at radius 2 is 1.80 bits per heavy atom. The zero-order valence-corrected chi connectivity index (χ0v) is 17.3. The van der Waals surface area contributed by atoms with Crippen LogP contribution >= 0.6 is 0 Å². The SMILES string of the molecule is Cc1ccc2c(CC(=O)O[C@H](C)C(=O)N3CCN(c4ccccc4)CC3)coc2c1. The number of esters is 1. The lowest BCUT2D eigenvalue weighted by atomic mass is 10.1. The van der Waals surface area contributed by atoms with Crippen LogP contribution in [-0.4, -0.2) is 49.1 Å². The van der Waals surface area contributed by atoms with E-state index < -0.39 is 12.1 Å². The number of rotatable bonds is 5. The van der Waals surface area contributed by atoms with Crippen LogP contribution in [0.1, 0.15) is 18.1 Å². The Morgan fingerprint density at radius 3 is 2.53 bits per heavy atom. The van der Waals surface area contributed by atoms with E-state index >= 15 is 0 Å². The van der Waals surface area contributed by atoms with Crippen molar-refractivity contribution in [2.75, 3.05) is 31.1 Å². The second-order valence-corrected chi connectivity index (χ2v) is 7.72. The number of ether oxygens (including phenoxy) is 1. The Kier molecular flexibility index (Phi) is 5.74. The molecule has 1 fully saturated rings. The molecule has 0 N–H and O–H groups in total. The molecule has 1 aliphatic rings. The number of furan rings is 1. The van der Waals surface area contributed by atoms with Crippen molar-refractivity contribution >= 4 is 28.5 Å². The lowest BCUT2D eigenvalue weighted by Crippen LogP contribution is -2.51. The molecule has 0 unspecified atom stereocenters. The van der Waals surface area contributed by atoms with Crippen LogP contribution < -0.4 is 4.90 Å². The Bertz CT molecular complexity index is 1040. The number of aryl methyl sites for hydroxylation is 1. The van der Waals surface area contributed by atoms with Gasteiger partial charge in [-0.25, -0.2) is 0 Å². The first-order valence-corrected chi connectivity index (χ1v) is 10.3. The Morgan fingerprint density at radius 1 is 1.07 bits per heavy atom. The van der Waals surface area contributed by atoms with E-state index in [0.29, 0.717) is 13.1 Å². The van der Waals surface area contributed by atoms with Crippen LogP contribution in [0.15, 0.2) is 59.2 Å². The number of hydrogen-bond acceptors (Lipinski definition) is 5. The number of anilines is 1. The molecule has 0 saturated carbocycles. The van der Waals surface area contributed by atoms with Crippen molar-refractivity contribution in [3.8, 4) is 0 Å². The van der Waals surface area contributed by atoms with Crippen molar-refractivity contribution in [2.45, 2.75) is 26.4 Å². The molecule has 1 aromatic heterocycles. The number of para-hydroxylation sites is 1. The summed E-state index contributed by atoms with van der Waals surface area (Å²) in [5.41, 5.74) is 3.77. The van der Waals surface area contributed by atoms with Gasteiger partial charge in [-0.1, -0.05) is 30.3 Å². The van der Waals surface area contributed by atoms with Crippen molar-refractivity contribution in [1.29, 1.82) is 0 Å². The molecule has 0 bridgehead atoms. The summed E-state index contributed by atoms with van der Waals surface area (Å²) in [6.07, 6.45) is 0.858. The minimum atomic E-state index is -0.804. The van der Waals surface area contributed by atoms with Crippen molar-refractivity contribution < 1.29 is 18.7 Å². The van der Waals surface area contributed by atoms with Gasteiger partial charge >= 0.3 is 5.97 Å². The highest BCUT2D eigenvalue weighted by Gasteiger charge is 2.27. The Labute approximate surface area is 176 Å². The molecule has 1 atom stereocenters. The molecule has 2 aromatic carbocycles. The molecule has 1 amide bonds. The highest BCUT2D eigenvalue weighted by Crippen LogP contribution is 2.23. The fourth-order valence-electron chi connectivity index (χ4n) is 3.85. The fraction of sp³-hybridized carbons (Fsp3) is 0.333. The van der Waals surface area contributed by atoms with Gasteiger partial charge in [0.05, 0.1) is 12.7 Å². The molecular weight excluding hydrogens is 380 g/mol. The minimum absolute atomic E-state index is 0.0788. The van der Waals surface area contributed by atoms with Crippen molar-refractivity contribution in [3.05, 3.63) is 65.9 Å². The van der Waals surface area contributed by atoms with Gasteiger partial charge in [0.15, 0.2) is 6.10 Å². The summed E-state index contributed by atoms with van der Waals surface area (Å²) in [7, 11) is 0. The van der Waals surface area contributed by atoms with Gasteiger partial charge in [-0.3, -0.25) is 9.59 Å². The molecule has 0 spiro atoms. The van der Waals surface area contributed by atoms with Gasteiger partial charge in [-0.2, -0.15) is 0 Å². The summed E-state index contributed by atoms with van der Waals surface area (Å²) < 4.78 is 11.0. The van der Waals surface area contributed by atoms with Gasteiger partial charge in [0.2, 0.25) is 0 Å². The molecule has 156 valence electrons. The summed E-state index contributed by atoms with van der Waals surface area (Å²) in [4.78, 5) is 29.2. The second-order valence-electron chi connectivity index (χ2n) is 7.72. The largest absolute Gasteiger partial charge is 0.464 e. The predicted molar refractivity (Wildman–Crippen MR) is 115 cm³/mol. The van der Waals surface area contributed by atoms with Gasteiger partial charge in [-0.15, -0.1) is 0 Å². The molecular formula is C24H26N2O4. The maximum absolute atomic E-state index is 12.7. The summed E-state index contributed by atoms with van der Waals surface area (Å²) in [5, 5.41) is 0.897. The van der Waals surface area contributed by atoms with E-state index in [1.54, 1.807) is 18.1 Å². The zero-order chi connectivity index (χ0) is 21.1. The Balaban J connectivity index is 1.30. The highest BCUT2D eigenvalue weighted by molar-refractivity contribution is 5.88. The van der Waals surface area contributed by atoms with Gasteiger partial charge in [0.1, 0.15) is 5.58 Å². The number of carbonyl (C=O) groups is 2. The highest BCUT2D eigenvalue weighted by atomic mass is 16.5. The van der Waals surface area contributed by atoms with Crippen LogP contribution in [0.3, 0.4) is 0 Å². The number of carbonyl (C=O) groups excluding carboxylic acids is 2. The monoisotopic (exact) mass is 406 g/mol. The topological polar surface area (TPSA) is 63.0 Å². The first-order valence-electron chi connectivity index (χ1n) is 10.3. The maximum Gasteiger partial charge on any atom is 0.311 e. The number of hydrogen-bond donors (Lipinski definition) is 0. The normalized spacial score (nSPS) is 15.3. The Hall–Kier alpha value is -3.28. The lowest BCUT2D eigenvalue weighted by molar-refractivity contribution is -0.158. The molecule has 3 aromatic rings. The van der Waals surface area contributed by atoms with E-state index in [4.69, 9.17) is 9.15 Å². The zero-order valence-electron chi connectivity index (χ0n) is 17.3. The first-order chi connectivity index (χ1) is 14.5. The van der Waals surface area contributed by atoms with Crippen LogP contribution in [0.2, 0.25) is 0 Å². The van der Waals surface area contributed by atoms with Crippen LogP contribution in [0.5, 0.6) is 0 Å². The van der Waals surface area contributed by atoms with E-state index in [0.717, 1.165) is 40.9 Å². The molecule has 6 nitrogen and oxygen atoms in total. The molecule has 2 heterocycles. The third kappa shape index (κ3) is 4.32. The number of nitrogens with zero attached hydrogens (tertiary/aromatic N) is 2. The predicted octanol–water partition coefficient (Wildman–Crippen LogP) is 3.56. The number of piperazine rings is 1. The molecule has 1 aliphatic heterocycles. The quantitative estimate of drug-likeness (QED) is 0.606. The second kappa shape index (κ2) is 8.61. The van der Waals surface area contributed by atoms with E-state index in [2.05, 4.69) is 17.0 Å². The molecule has 4 rings (SSSR count). The van der Waals surface area contributed by atoms with Crippen LogP contribution in [0.25, 0.3) is 11.0 Å². The summed E-state index contributed by atoms with van der Waals surface area (Å²) >= 11 is 0. The van der Waals surface area contributed by atoms with Crippen LogP contribution in [0.4, 0.5) is 5.69 Å². The molecule has 0 aliphatic carbocycles. The lowest BCUT2D eigenvalue weighted by Gasteiger charge is -2.37. The van der Waals surface area contributed by atoms with Crippen molar-refractivity contribution in [1.82, 2.24) is 4.90 Å². The summed E-state index contributed by atoms with van der Waals surface area (Å²) in [5.74, 6) is -0.578. The van der Waals surface area contributed by atoms with E-state index in [1.807, 2.05) is 43.3 Å². The fourth-order valence-corrected chi connectivity index (χ4v) is 3.85. The molecule has 6 heteroatoms. The summed E-state index contributed by atoms with van der Waals surface area (Å²) in [6.45, 7) is 6.37. The van der Waals surface area contributed by atoms with Crippen molar-refractivity contribution in [3.63, 3.8) is 0 Å². The number of amides is 1. The van der Waals surface area contributed by atoms with Gasteiger partial charge in [-0.05, 0) is 37.6 Å². The molecule has 30 heavy (non-hydrogen) atoms. The minimum Gasteiger partial charge on any atom is -0.464 e. The summed E-state index contributed by atoms with van der Waals surface area (Å²) in [6, 6.07) is 16.0. The number of fused-ring (bicyclic) bond motifs is 1. The van der Waals surface area contributed by atoms with Gasteiger partial charge in [0, 0.05) is 42.8 Å². The standard InChI is InChI=1S/C24H26N2O4/c1-17-8-9-21-19(16-29-22(21)14-17)15-23(27)30-18(2)24(28)26-12-10-25(11-13-26)20-6-4-3-5-7-20/h3-9,14,16,18H,10-13,15H2,1-2H3/t18-/m1/s1. The third-order valence-corrected chi connectivity index (χ3v) is 5.51.